The molecule has 144 valence electrons. The molecule has 0 aliphatic carbocycles. The van der Waals surface area contributed by atoms with E-state index in [0.29, 0.717) is 17.9 Å². The molecule has 28 heavy (non-hydrogen) atoms. The number of rotatable bonds is 6. The lowest BCUT2D eigenvalue weighted by Crippen LogP contribution is -2.34. The van der Waals surface area contributed by atoms with Crippen LogP contribution in [0.15, 0.2) is 53.4 Å². The molecule has 0 saturated carbocycles. The van der Waals surface area contributed by atoms with Crippen molar-refractivity contribution in [2.45, 2.75) is 13.5 Å². The third-order valence-corrected chi connectivity index (χ3v) is 4.98. The van der Waals surface area contributed by atoms with E-state index in [2.05, 4.69) is 4.74 Å². The number of carbonyl (C=O) groups is 3. The summed E-state index contributed by atoms with van der Waals surface area (Å²) in [4.78, 5) is 37.0. The number of benzene rings is 2. The Morgan fingerprint density at radius 3 is 2.68 bits per heavy atom. The largest absolute Gasteiger partial charge is 0.488 e. The van der Waals surface area contributed by atoms with Gasteiger partial charge in [0.1, 0.15) is 18.9 Å². The summed E-state index contributed by atoms with van der Waals surface area (Å²) >= 11 is 0.789. The van der Waals surface area contributed by atoms with Crippen LogP contribution in [0.3, 0.4) is 0 Å². The topological polar surface area (TPSA) is 72.9 Å². The first-order chi connectivity index (χ1) is 13.5. The van der Waals surface area contributed by atoms with Gasteiger partial charge < -0.3 is 9.47 Å². The molecule has 1 saturated heterocycles. The molecule has 2 aromatic rings. The molecule has 1 fully saturated rings. The Morgan fingerprint density at radius 1 is 1.14 bits per heavy atom. The number of aryl methyl sites for hydroxylation is 1. The molecular formula is C21H19NO5S. The second-order valence-corrected chi connectivity index (χ2v) is 7.15. The number of carbonyl (C=O) groups excluding carboxylic acids is 3. The van der Waals surface area contributed by atoms with Crippen molar-refractivity contribution in [1.82, 2.24) is 4.90 Å². The number of imide groups is 1. The van der Waals surface area contributed by atoms with E-state index in [-0.39, 0.29) is 4.91 Å². The molecule has 2 amide bonds. The predicted octanol–water partition coefficient (Wildman–Crippen LogP) is 3.78. The summed E-state index contributed by atoms with van der Waals surface area (Å²) in [6.45, 7) is 2.00. The van der Waals surface area contributed by atoms with E-state index in [9.17, 15) is 14.4 Å². The highest BCUT2D eigenvalue weighted by molar-refractivity contribution is 8.18. The van der Waals surface area contributed by atoms with Crippen molar-refractivity contribution in [2.75, 3.05) is 13.7 Å². The zero-order valence-electron chi connectivity index (χ0n) is 15.5. The summed E-state index contributed by atoms with van der Waals surface area (Å²) in [5.41, 5.74) is 2.86. The Hall–Kier alpha value is -3.06. The van der Waals surface area contributed by atoms with Crippen LogP contribution >= 0.6 is 11.8 Å². The molecule has 1 heterocycles. The highest BCUT2D eigenvalue weighted by Crippen LogP contribution is 2.34. The molecule has 0 unspecified atom stereocenters. The van der Waals surface area contributed by atoms with Gasteiger partial charge in [-0.3, -0.25) is 19.3 Å². The van der Waals surface area contributed by atoms with E-state index < -0.39 is 23.7 Å². The lowest BCUT2D eigenvalue weighted by atomic mass is 10.1. The molecule has 0 aromatic heterocycles. The van der Waals surface area contributed by atoms with Gasteiger partial charge in [0, 0.05) is 5.56 Å². The third kappa shape index (κ3) is 4.61. The van der Waals surface area contributed by atoms with Gasteiger partial charge >= 0.3 is 5.97 Å². The summed E-state index contributed by atoms with van der Waals surface area (Å²) in [5, 5.41) is -0.500. The Balaban J connectivity index is 1.78. The van der Waals surface area contributed by atoms with Crippen molar-refractivity contribution in [2.24, 2.45) is 0 Å². The second-order valence-electron chi connectivity index (χ2n) is 6.16. The monoisotopic (exact) mass is 397 g/mol. The van der Waals surface area contributed by atoms with E-state index in [1.165, 1.54) is 7.11 Å². The second kappa shape index (κ2) is 8.75. The Morgan fingerprint density at radius 2 is 1.93 bits per heavy atom. The van der Waals surface area contributed by atoms with Crippen molar-refractivity contribution < 1.29 is 23.9 Å². The maximum absolute atomic E-state index is 12.5. The summed E-state index contributed by atoms with van der Waals surface area (Å²) < 4.78 is 10.5. The van der Waals surface area contributed by atoms with E-state index in [1.807, 2.05) is 43.3 Å². The van der Waals surface area contributed by atoms with Crippen LogP contribution in [-0.2, 0) is 20.9 Å². The fraction of sp³-hybridized carbons (Fsp3) is 0.190. The fourth-order valence-electron chi connectivity index (χ4n) is 2.67. The number of hydrogen-bond acceptors (Lipinski definition) is 6. The van der Waals surface area contributed by atoms with Crippen molar-refractivity contribution >= 4 is 35.0 Å². The molecule has 1 aliphatic heterocycles. The number of ether oxygens (including phenoxy) is 2. The van der Waals surface area contributed by atoms with Crippen molar-refractivity contribution in [1.29, 1.82) is 0 Å². The van der Waals surface area contributed by atoms with Crippen molar-refractivity contribution in [3.8, 4) is 5.75 Å². The maximum Gasteiger partial charge on any atom is 0.325 e. The molecule has 0 bridgehead atoms. The highest BCUT2D eigenvalue weighted by atomic mass is 32.2. The minimum absolute atomic E-state index is 0.237. The van der Waals surface area contributed by atoms with Crippen LogP contribution in [0.4, 0.5) is 4.79 Å². The van der Waals surface area contributed by atoms with Crippen LogP contribution in [0.5, 0.6) is 5.75 Å². The van der Waals surface area contributed by atoms with Crippen molar-refractivity contribution in [3.05, 3.63) is 70.1 Å². The van der Waals surface area contributed by atoms with Gasteiger partial charge in [-0.25, -0.2) is 0 Å². The highest BCUT2D eigenvalue weighted by Gasteiger charge is 2.36. The molecule has 0 radical (unpaired) electrons. The first-order valence-electron chi connectivity index (χ1n) is 8.57. The van der Waals surface area contributed by atoms with E-state index in [0.717, 1.165) is 27.8 Å². The zero-order chi connectivity index (χ0) is 20.1. The van der Waals surface area contributed by atoms with Crippen LogP contribution < -0.4 is 4.74 Å². The normalized spacial score (nSPS) is 15.2. The minimum Gasteiger partial charge on any atom is -0.488 e. The molecule has 0 N–H and O–H groups in total. The van der Waals surface area contributed by atoms with E-state index in [1.54, 1.807) is 18.2 Å². The summed E-state index contributed by atoms with van der Waals surface area (Å²) in [6.07, 6.45) is 1.60. The number of methoxy groups -OCH3 is 1. The van der Waals surface area contributed by atoms with Gasteiger partial charge in [-0.15, -0.1) is 0 Å². The Kier molecular flexibility index (Phi) is 6.16. The van der Waals surface area contributed by atoms with Gasteiger partial charge in [-0.2, -0.15) is 0 Å². The number of amides is 2. The van der Waals surface area contributed by atoms with Gasteiger partial charge in [0.05, 0.1) is 12.0 Å². The number of para-hydroxylation sites is 1. The minimum atomic E-state index is -0.648. The molecule has 6 nitrogen and oxygen atoms in total. The average molecular weight is 397 g/mol. The predicted molar refractivity (Wildman–Crippen MR) is 107 cm³/mol. The molecular weight excluding hydrogens is 378 g/mol. The number of hydrogen-bond donors (Lipinski definition) is 0. The zero-order valence-corrected chi connectivity index (χ0v) is 16.3. The molecule has 0 atom stereocenters. The smallest absolute Gasteiger partial charge is 0.325 e. The first-order valence-corrected chi connectivity index (χ1v) is 9.39. The Labute approximate surface area is 167 Å². The van der Waals surface area contributed by atoms with E-state index in [4.69, 9.17) is 4.74 Å². The molecule has 7 heteroatoms. The van der Waals surface area contributed by atoms with E-state index >= 15 is 0 Å². The molecule has 2 aromatic carbocycles. The number of nitrogens with zero attached hydrogens (tertiary/aromatic N) is 1. The number of esters is 1. The quantitative estimate of drug-likeness (QED) is 0.546. The van der Waals surface area contributed by atoms with Gasteiger partial charge in [0.2, 0.25) is 0 Å². The molecule has 1 aliphatic rings. The van der Waals surface area contributed by atoms with Crippen LogP contribution in [0.25, 0.3) is 6.08 Å². The summed E-state index contributed by atoms with van der Waals surface area (Å²) in [7, 11) is 1.21. The fourth-order valence-corrected chi connectivity index (χ4v) is 3.49. The summed E-state index contributed by atoms with van der Waals surface area (Å²) in [6, 6.07) is 15.3. The average Bonchev–Trinajstić information content (AvgIpc) is 2.94. The lowest BCUT2D eigenvalue weighted by Gasteiger charge is -2.11. The molecule has 3 rings (SSSR count). The van der Waals surface area contributed by atoms with Crippen LogP contribution in [0, 0.1) is 6.92 Å². The first kappa shape index (κ1) is 19.7. The van der Waals surface area contributed by atoms with Gasteiger partial charge in [-0.05, 0) is 36.4 Å². The van der Waals surface area contributed by atoms with Crippen LogP contribution in [-0.4, -0.2) is 35.7 Å². The van der Waals surface area contributed by atoms with Crippen molar-refractivity contribution in [3.63, 3.8) is 0 Å². The lowest BCUT2D eigenvalue weighted by molar-refractivity contribution is -0.143. The standard InChI is InChI=1S/C21H19NO5S/c1-14-6-5-7-15(10-14)13-27-17-9-4-3-8-16(17)11-18-20(24)22(21(25)28-18)12-19(23)26-2/h3-11H,12-13H2,1-2H3/b18-11-. The number of thioether (sulfide) groups is 1. The van der Waals surface area contributed by atoms with Crippen LogP contribution in [0.1, 0.15) is 16.7 Å². The molecule has 0 spiro atoms. The van der Waals surface area contributed by atoms with Gasteiger partial charge in [-0.1, -0.05) is 48.0 Å². The Bertz CT molecular complexity index is 953. The van der Waals surface area contributed by atoms with Crippen LogP contribution in [0.2, 0.25) is 0 Å². The van der Waals surface area contributed by atoms with Gasteiger partial charge in [0.15, 0.2) is 0 Å². The maximum atomic E-state index is 12.5. The summed E-state index contributed by atoms with van der Waals surface area (Å²) in [5.74, 6) is -0.567. The third-order valence-electron chi connectivity index (χ3n) is 4.07. The SMILES string of the molecule is COC(=O)CN1C(=O)S/C(=C\c2ccccc2OCc2cccc(C)c2)C1=O. The van der Waals surface area contributed by atoms with Gasteiger partial charge in [0.25, 0.3) is 11.1 Å².